The van der Waals surface area contributed by atoms with E-state index in [0.29, 0.717) is 0 Å². The molecule has 9 aromatic carbocycles. The van der Waals surface area contributed by atoms with Gasteiger partial charge >= 0.3 is 0 Å². The van der Waals surface area contributed by atoms with Crippen molar-refractivity contribution < 1.29 is 0 Å². The zero-order valence-electron chi connectivity index (χ0n) is 40.5. The second-order valence-corrected chi connectivity index (χ2v) is 22.1. The molecular formula is C64H53BN4S. The van der Waals surface area contributed by atoms with Gasteiger partial charge in [-0.25, -0.2) is 0 Å². The van der Waals surface area contributed by atoms with E-state index in [4.69, 9.17) is 0 Å². The molecule has 338 valence electrons. The Morgan fingerprint density at radius 1 is 0.429 bits per heavy atom. The molecule has 6 heteroatoms. The molecule has 2 aliphatic rings. The first-order valence-electron chi connectivity index (χ1n) is 24.6. The highest BCUT2D eigenvalue weighted by Gasteiger charge is 2.44. The Hall–Kier alpha value is -7.80. The lowest BCUT2D eigenvalue weighted by molar-refractivity contribution is 0.590. The molecule has 2 aromatic heterocycles. The largest absolute Gasteiger partial charge is 0.311 e. The van der Waals surface area contributed by atoms with Gasteiger partial charge < -0.3 is 19.3 Å². The van der Waals surface area contributed by atoms with Crippen LogP contribution in [-0.2, 0) is 10.8 Å². The summed E-state index contributed by atoms with van der Waals surface area (Å²) in [5.41, 5.74) is 20.5. The van der Waals surface area contributed by atoms with Crippen molar-refractivity contribution in [2.75, 3.05) is 14.7 Å². The quantitative estimate of drug-likeness (QED) is 0.148. The Kier molecular flexibility index (Phi) is 9.60. The van der Waals surface area contributed by atoms with Crippen LogP contribution >= 0.6 is 11.3 Å². The molecule has 4 heterocycles. The van der Waals surface area contributed by atoms with E-state index in [-0.39, 0.29) is 17.5 Å². The first-order valence-corrected chi connectivity index (χ1v) is 25.4. The van der Waals surface area contributed by atoms with Crippen LogP contribution in [0.4, 0.5) is 51.2 Å². The average molecular weight is 921 g/mol. The predicted octanol–water partition coefficient (Wildman–Crippen LogP) is 16.1. The third-order valence-electron chi connectivity index (χ3n) is 14.6. The molecule has 0 N–H and O–H groups in total. The smallest absolute Gasteiger partial charge is 0.252 e. The van der Waals surface area contributed by atoms with Crippen molar-refractivity contribution in [3.63, 3.8) is 0 Å². The Morgan fingerprint density at radius 2 is 0.971 bits per heavy atom. The average Bonchev–Trinajstić information content (AvgIpc) is 3.92. The lowest BCUT2D eigenvalue weighted by Gasteiger charge is -2.42. The Morgan fingerprint density at radius 3 is 1.59 bits per heavy atom. The number of benzene rings is 9. The van der Waals surface area contributed by atoms with Gasteiger partial charge in [0, 0.05) is 61.0 Å². The first kappa shape index (κ1) is 42.3. The number of hydrogen-bond acceptors (Lipinski definition) is 4. The molecule has 0 atom stereocenters. The minimum Gasteiger partial charge on any atom is -0.311 e. The molecule has 0 unspecified atom stereocenters. The van der Waals surface area contributed by atoms with E-state index in [1.54, 1.807) is 0 Å². The van der Waals surface area contributed by atoms with Crippen molar-refractivity contribution >= 4 is 117 Å². The molecule has 0 fully saturated rings. The van der Waals surface area contributed by atoms with E-state index in [9.17, 15) is 0 Å². The molecule has 13 rings (SSSR count). The van der Waals surface area contributed by atoms with Gasteiger partial charge in [-0.15, -0.1) is 11.3 Å². The monoisotopic (exact) mass is 920 g/mol. The van der Waals surface area contributed by atoms with E-state index in [1.807, 2.05) is 11.3 Å². The van der Waals surface area contributed by atoms with Gasteiger partial charge in [0.25, 0.3) is 6.71 Å². The molecule has 0 saturated heterocycles. The highest BCUT2D eigenvalue weighted by atomic mass is 32.1. The fourth-order valence-electron chi connectivity index (χ4n) is 11.3. The summed E-state index contributed by atoms with van der Waals surface area (Å²) < 4.78 is 5.24. The van der Waals surface area contributed by atoms with Gasteiger partial charge in [0.05, 0.1) is 27.1 Å². The number of thiophene rings is 1. The van der Waals surface area contributed by atoms with Crippen LogP contribution in [0, 0.1) is 0 Å². The molecule has 0 radical (unpaired) electrons. The summed E-state index contributed by atoms with van der Waals surface area (Å²) in [7, 11) is 0. The first-order chi connectivity index (χ1) is 34.0. The standard InChI is InChI=1S/C64H53BN4S/c1-63(2,3)42-22-21-31-48(38-42)68-54-39-43(64(4,5)6)34-35-51(54)65-52-36-37-53(67(46-27-15-9-16-28-46)47-29-17-10-18-30-47)58-61(52)69(60-50-32-19-20-33-57(50)70-62(58)60)56-41-49(40-55(68)59(56)65)66(44-23-11-7-12-24-44)45-25-13-8-14-26-45/h7-41H,1-6H3. The molecule has 4 nitrogen and oxygen atoms in total. The summed E-state index contributed by atoms with van der Waals surface area (Å²) in [6.45, 7) is 13.9. The minimum absolute atomic E-state index is 0.0461. The molecule has 0 bridgehead atoms. The molecule has 0 aliphatic carbocycles. The van der Waals surface area contributed by atoms with Crippen LogP contribution in [-0.4, -0.2) is 11.3 Å². The van der Waals surface area contributed by atoms with E-state index < -0.39 is 0 Å². The summed E-state index contributed by atoms with van der Waals surface area (Å²) in [4.78, 5) is 7.51. The van der Waals surface area contributed by atoms with Crippen LogP contribution in [0.1, 0.15) is 52.7 Å². The maximum Gasteiger partial charge on any atom is 0.252 e. The maximum absolute atomic E-state index is 2.67. The zero-order valence-corrected chi connectivity index (χ0v) is 41.3. The van der Waals surface area contributed by atoms with Gasteiger partial charge in [0.15, 0.2) is 0 Å². The van der Waals surface area contributed by atoms with E-state index in [2.05, 4.69) is 273 Å². The number of anilines is 9. The van der Waals surface area contributed by atoms with E-state index >= 15 is 0 Å². The normalized spacial score (nSPS) is 12.9. The van der Waals surface area contributed by atoms with E-state index in [0.717, 1.165) is 34.1 Å². The molecule has 0 saturated carbocycles. The molecule has 70 heavy (non-hydrogen) atoms. The second kappa shape index (κ2) is 15.9. The summed E-state index contributed by atoms with van der Waals surface area (Å²) in [6.07, 6.45) is 0. The zero-order chi connectivity index (χ0) is 47.5. The number of para-hydroxylation sites is 4. The summed E-state index contributed by atoms with van der Waals surface area (Å²) in [6, 6.07) is 79.1. The van der Waals surface area contributed by atoms with Crippen LogP contribution < -0.4 is 31.1 Å². The topological polar surface area (TPSA) is 14.7 Å². The van der Waals surface area contributed by atoms with Crippen LogP contribution in [0.2, 0.25) is 0 Å². The van der Waals surface area contributed by atoms with Crippen molar-refractivity contribution in [3.05, 3.63) is 223 Å². The van der Waals surface area contributed by atoms with Gasteiger partial charge in [0.1, 0.15) is 0 Å². The Labute approximate surface area is 415 Å². The fourth-order valence-corrected chi connectivity index (χ4v) is 12.5. The van der Waals surface area contributed by atoms with Crippen molar-refractivity contribution in [2.45, 2.75) is 52.4 Å². The molecule has 0 spiro atoms. The third-order valence-corrected chi connectivity index (χ3v) is 15.8. The van der Waals surface area contributed by atoms with Crippen molar-refractivity contribution in [3.8, 4) is 5.69 Å². The molecular weight excluding hydrogens is 868 g/mol. The van der Waals surface area contributed by atoms with Crippen LogP contribution in [0.5, 0.6) is 0 Å². The SMILES string of the molecule is CC(C)(C)c1cccc(N2c3cc(C(C)(C)C)ccc3B3c4c2cc(N(c2ccccc2)c2ccccc2)cc4-n2c4c3ccc(N(c3ccccc3)c3ccccc3)c4c3sc4ccccc4c32)c1. The van der Waals surface area contributed by atoms with Crippen LogP contribution in [0.3, 0.4) is 0 Å². The predicted molar refractivity (Wildman–Crippen MR) is 302 cm³/mol. The lowest BCUT2D eigenvalue weighted by atomic mass is 9.33. The summed E-state index contributed by atoms with van der Waals surface area (Å²) in [5.74, 6) is 0. The van der Waals surface area contributed by atoms with Crippen molar-refractivity contribution in [1.29, 1.82) is 0 Å². The second-order valence-electron chi connectivity index (χ2n) is 21.0. The molecule has 11 aromatic rings. The highest BCUT2D eigenvalue weighted by Crippen LogP contribution is 2.52. The third kappa shape index (κ3) is 6.57. The number of fused-ring (bicyclic) bond motifs is 9. The van der Waals surface area contributed by atoms with Crippen LogP contribution in [0.15, 0.2) is 212 Å². The maximum atomic E-state index is 2.67. The van der Waals surface area contributed by atoms with Crippen LogP contribution in [0.25, 0.3) is 36.9 Å². The van der Waals surface area contributed by atoms with Crippen molar-refractivity contribution in [2.24, 2.45) is 0 Å². The lowest BCUT2D eigenvalue weighted by Crippen LogP contribution is -2.60. The molecule has 2 aliphatic heterocycles. The van der Waals surface area contributed by atoms with E-state index in [1.165, 1.54) is 81.5 Å². The van der Waals surface area contributed by atoms with Crippen molar-refractivity contribution in [1.82, 2.24) is 4.57 Å². The minimum atomic E-state index is -0.0708. The van der Waals surface area contributed by atoms with Gasteiger partial charge in [0.2, 0.25) is 0 Å². The van der Waals surface area contributed by atoms with Gasteiger partial charge in [-0.2, -0.15) is 0 Å². The highest BCUT2D eigenvalue weighted by molar-refractivity contribution is 7.27. The summed E-state index contributed by atoms with van der Waals surface area (Å²) >= 11 is 1.92. The number of rotatable bonds is 7. The fraction of sp³-hybridized carbons (Fsp3) is 0.125. The Bertz CT molecular complexity index is 3730. The summed E-state index contributed by atoms with van der Waals surface area (Å²) in [5, 5.41) is 2.54. The number of hydrogen-bond donors (Lipinski definition) is 0. The Balaban J connectivity index is 1.22. The number of aromatic nitrogens is 1. The van der Waals surface area contributed by atoms with Gasteiger partial charge in [-0.1, -0.05) is 163 Å². The number of nitrogens with zero attached hydrogens (tertiary/aromatic N) is 4. The van der Waals surface area contributed by atoms with Gasteiger partial charge in [-0.3, -0.25) is 0 Å². The van der Waals surface area contributed by atoms with Gasteiger partial charge in [-0.05, 0) is 129 Å². The molecule has 0 amide bonds.